The van der Waals surface area contributed by atoms with Crippen molar-refractivity contribution < 1.29 is 15.5 Å². The van der Waals surface area contributed by atoms with Crippen LogP contribution in [0.2, 0.25) is 0 Å². The first-order chi connectivity index (χ1) is 8.43. The molecule has 0 fully saturated rings. The Morgan fingerprint density at radius 3 is 1.89 bits per heavy atom. The van der Waals surface area contributed by atoms with Crippen LogP contribution in [0.25, 0.3) is 5.76 Å². The standard InChI is InChI=1S/C15H12OTe.ClH/c1-3-7-12(8-4-1)14-11-15(17-16-14)13-9-5-2-6-10-13;/h1-11,16H;1H/q+1;/p-1. The topological polar surface area (TPSA) is 12.8 Å². The number of halogens is 1. The monoisotopic (exact) mass is 373 g/mol. The van der Waals surface area contributed by atoms with E-state index in [1.807, 2.05) is 6.07 Å². The smallest absolute Gasteiger partial charge is 1.00 e. The number of hydrogen-bond acceptors (Lipinski definition) is 0. The molecule has 0 amide bonds. The van der Waals surface area contributed by atoms with Gasteiger partial charge in [-0.3, -0.25) is 0 Å². The first kappa shape index (κ1) is 13.4. The molecule has 1 aliphatic heterocycles. The van der Waals surface area contributed by atoms with E-state index in [1.54, 1.807) is 0 Å². The fourth-order valence-corrected chi connectivity index (χ4v) is 3.93. The molecule has 1 N–H and O–H groups in total. The van der Waals surface area contributed by atoms with Crippen LogP contribution in [0, 0.1) is 0 Å². The Labute approximate surface area is 123 Å². The third-order valence-electron chi connectivity index (χ3n) is 2.64. The van der Waals surface area contributed by atoms with Crippen molar-refractivity contribution in [2.75, 3.05) is 0 Å². The van der Waals surface area contributed by atoms with Crippen molar-refractivity contribution in [3.63, 3.8) is 0 Å². The maximum absolute atomic E-state index is 4.72. The summed E-state index contributed by atoms with van der Waals surface area (Å²) in [4.78, 5) is 0. The average Bonchev–Trinajstić information content (AvgIpc) is 2.90. The van der Waals surface area contributed by atoms with Crippen LogP contribution in [0.3, 0.4) is 0 Å². The van der Waals surface area contributed by atoms with Crippen molar-refractivity contribution >= 4 is 30.2 Å². The van der Waals surface area contributed by atoms with Crippen molar-refractivity contribution in [1.82, 2.24) is 0 Å². The molecular weight excluding hydrogens is 359 g/mol. The predicted molar refractivity (Wildman–Crippen MR) is 72.9 cm³/mol. The maximum Gasteiger partial charge on any atom is -1.00 e. The van der Waals surface area contributed by atoms with Gasteiger partial charge in [0.1, 0.15) is 0 Å². The summed E-state index contributed by atoms with van der Waals surface area (Å²) in [6.07, 6.45) is 2.24. The Morgan fingerprint density at radius 1 is 0.722 bits per heavy atom. The minimum absolute atomic E-state index is 0. The van der Waals surface area contributed by atoms with E-state index in [9.17, 15) is 0 Å². The molecule has 0 spiro atoms. The van der Waals surface area contributed by atoms with Crippen molar-refractivity contribution in [2.24, 2.45) is 0 Å². The van der Waals surface area contributed by atoms with E-state index in [4.69, 9.17) is 3.10 Å². The molecule has 0 unspecified atom stereocenters. The van der Waals surface area contributed by atoms with Crippen LogP contribution >= 0.6 is 0 Å². The molecule has 3 heteroatoms. The Bertz CT molecular complexity index is 576. The zero-order valence-electron chi connectivity index (χ0n) is 9.58. The number of aliphatic hydroxyl groups is 1. The van der Waals surface area contributed by atoms with Crippen molar-refractivity contribution in [3.8, 4) is 0 Å². The number of allylic oxidation sites excluding steroid dienone is 1. The minimum Gasteiger partial charge on any atom is -1.00 e. The molecule has 0 bridgehead atoms. The normalized spacial score (nSPS) is 13.1. The van der Waals surface area contributed by atoms with Gasteiger partial charge in [-0.15, -0.1) is 0 Å². The van der Waals surface area contributed by atoms with Crippen molar-refractivity contribution in [2.45, 2.75) is 0 Å². The fourth-order valence-electron chi connectivity index (χ4n) is 1.76. The minimum atomic E-state index is -0.402. The molecule has 0 aromatic heterocycles. The van der Waals surface area contributed by atoms with E-state index < -0.39 is 20.9 Å². The maximum atomic E-state index is 4.72. The molecule has 0 saturated carbocycles. The summed E-state index contributed by atoms with van der Waals surface area (Å²) >= 11 is -0.402. The quantitative estimate of drug-likeness (QED) is 0.495. The first-order valence-corrected chi connectivity index (χ1v) is 7.72. The van der Waals surface area contributed by atoms with Gasteiger partial charge in [0.05, 0.1) is 0 Å². The van der Waals surface area contributed by atoms with Gasteiger partial charge in [0.15, 0.2) is 0 Å². The molecule has 1 nitrogen and oxygen atoms in total. The second-order valence-electron chi connectivity index (χ2n) is 3.81. The van der Waals surface area contributed by atoms with Gasteiger partial charge in [-0.25, -0.2) is 0 Å². The molecule has 0 atom stereocenters. The Hall–Kier alpha value is -1.07. The molecule has 1 aliphatic rings. The third-order valence-corrected chi connectivity index (χ3v) is 5.03. The summed E-state index contributed by atoms with van der Waals surface area (Å²) in [5, 5.41) is 0. The molecule has 0 saturated heterocycles. The van der Waals surface area contributed by atoms with Crippen LogP contribution in [0.15, 0.2) is 66.7 Å². The van der Waals surface area contributed by atoms with E-state index in [0.717, 1.165) is 5.76 Å². The summed E-state index contributed by atoms with van der Waals surface area (Å²) in [5.41, 5.74) is 2.55. The van der Waals surface area contributed by atoms with Gasteiger partial charge in [-0.1, -0.05) is 0 Å². The van der Waals surface area contributed by atoms with E-state index in [2.05, 4.69) is 60.7 Å². The first-order valence-electron chi connectivity index (χ1n) is 5.51. The third kappa shape index (κ3) is 2.84. The number of benzene rings is 2. The van der Waals surface area contributed by atoms with Crippen molar-refractivity contribution in [3.05, 3.63) is 77.9 Å². The molecule has 0 aliphatic carbocycles. The van der Waals surface area contributed by atoms with Gasteiger partial charge in [0.2, 0.25) is 0 Å². The Morgan fingerprint density at radius 2 is 1.28 bits per heavy atom. The van der Waals surface area contributed by atoms with Crippen molar-refractivity contribution in [1.29, 1.82) is 0 Å². The molecule has 2 aromatic rings. The van der Waals surface area contributed by atoms with Gasteiger partial charge in [0, 0.05) is 0 Å². The Balaban J connectivity index is 0.00000120. The largest absolute Gasteiger partial charge is 1.00 e. The zero-order valence-corrected chi connectivity index (χ0v) is 12.7. The van der Waals surface area contributed by atoms with Crippen LogP contribution in [0.4, 0.5) is 0 Å². The second kappa shape index (κ2) is 6.20. The summed E-state index contributed by atoms with van der Waals surface area (Å²) in [6, 6.07) is 21.0. The van der Waals surface area contributed by atoms with E-state index in [1.165, 1.54) is 14.7 Å². The van der Waals surface area contributed by atoms with Crippen LogP contribution in [-0.2, 0) is 0 Å². The number of rotatable bonds is 2. The summed E-state index contributed by atoms with van der Waals surface area (Å²) < 4.78 is 6.14. The van der Waals surface area contributed by atoms with Gasteiger partial charge in [0.25, 0.3) is 0 Å². The van der Waals surface area contributed by atoms with Crippen LogP contribution in [-0.4, -0.2) is 27.5 Å². The summed E-state index contributed by atoms with van der Waals surface area (Å²) in [5.74, 6) is 1.15. The van der Waals surface area contributed by atoms with Crippen LogP contribution in [0.1, 0.15) is 11.1 Å². The average molecular weight is 371 g/mol. The SMILES string of the molecule is C1=C(c2ccccc2)[OH+][Te]=C1c1ccccc1.[Cl-]. The van der Waals surface area contributed by atoms with Crippen LogP contribution < -0.4 is 12.4 Å². The summed E-state index contributed by atoms with van der Waals surface area (Å²) in [6.45, 7) is 0. The van der Waals surface area contributed by atoms with Crippen LogP contribution in [0.5, 0.6) is 0 Å². The fraction of sp³-hybridized carbons (Fsp3) is 0. The van der Waals surface area contributed by atoms with E-state index in [0.29, 0.717) is 0 Å². The van der Waals surface area contributed by atoms with Gasteiger partial charge in [-0.05, 0) is 0 Å². The zero-order chi connectivity index (χ0) is 11.5. The molecule has 18 heavy (non-hydrogen) atoms. The summed E-state index contributed by atoms with van der Waals surface area (Å²) in [7, 11) is 0. The molecule has 1 heterocycles. The Kier molecular flexibility index (Phi) is 4.60. The molecule has 91 valence electrons. The van der Waals surface area contributed by atoms with E-state index in [-0.39, 0.29) is 12.4 Å². The predicted octanol–water partition coefficient (Wildman–Crippen LogP) is -0.587. The molecule has 2 aromatic carbocycles. The van der Waals surface area contributed by atoms with Gasteiger partial charge in [-0.2, -0.15) is 0 Å². The number of hydrogen-bond donors (Lipinski definition) is 0. The van der Waals surface area contributed by atoms with Gasteiger partial charge >= 0.3 is 111 Å². The van der Waals surface area contributed by atoms with Gasteiger partial charge < -0.3 is 12.4 Å². The molecule has 3 rings (SSSR count). The molecule has 1 radical (unpaired) electrons. The molecular formula is C15H12ClOTe. The second-order valence-corrected chi connectivity index (χ2v) is 6.11. The van der Waals surface area contributed by atoms with E-state index >= 15 is 0 Å².